The molecule has 28 heavy (non-hydrogen) atoms. The number of sulfonamides is 1. The van der Waals surface area contributed by atoms with Crippen molar-refractivity contribution in [3.05, 3.63) is 72.6 Å². The molecule has 0 radical (unpaired) electrons. The van der Waals surface area contributed by atoms with Crippen LogP contribution < -0.4 is 5.32 Å². The number of fused-ring (bicyclic) bond motifs is 1. The summed E-state index contributed by atoms with van der Waals surface area (Å²) in [6.07, 6.45) is 4.28. The van der Waals surface area contributed by atoms with Crippen molar-refractivity contribution in [1.82, 2.24) is 14.6 Å². The third-order valence-electron chi connectivity index (χ3n) is 5.10. The van der Waals surface area contributed by atoms with Gasteiger partial charge in [-0.2, -0.15) is 16.9 Å². The molecule has 1 N–H and O–H groups in total. The number of hydrogen-bond acceptors (Lipinski definition) is 5. The van der Waals surface area contributed by atoms with Crippen LogP contribution in [0.5, 0.6) is 0 Å². The third kappa shape index (κ3) is 4.07. The lowest BCUT2D eigenvalue weighted by Crippen LogP contribution is -2.41. The SMILES string of the molecule is O=S(=O)(c1ccc2ccccc2c1)N1C[C@H](S)C[C@H]1CNCc1cccnc1. The lowest BCUT2D eigenvalue weighted by atomic mass is 10.1. The summed E-state index contributed by atoms with van der Waals surface area (Å²) in [5.41, 5.74) is 1.08. The molecule has 5 nitrogen and oxygen atoms in total. The summed E-state index contributed by atoms with van der Waals surface area (Å²) in [5.74, 6) is 0. The van der Waals surface area contributed by atoms with Crippen LogP contribution in [0.3, 0.4) is 0 Å². The van der Waals surface area contributed by atoms with Gasteiger partial charge in [-0.05, 0) is 41.0 Å². The molecule has 2 atom stereocenters. The van der Waals surface area contributed by atoms with Crippen LogP contribution in [-0.2, 0) is 16.6 Å². The summed E-state index contributed by atoms with van der Waals surface area (Å²) in [4.78, 5) is 4.45. The zero-order valence-corrected chi connectivity index (χ0v) is 17.1. The molecule has 7 heteroatoms. The van der Waals surface area contributed by atoms with Crippen LogP contribution in [0.2, 0.25) is 0 Å². The molecule has 1 aliphatic rings. The van der Waals surface area contributed by atoms with Gasteiger partial charge in [-0.1, -0.05) is 36.4 Å². The first-order chi connectivity index (χ1) is 13.5. The standard InChI is InChI=1S/C21H23N3O2S2/c25-28(26,21-8-7-17-5-1-2-6-18(17)10-21)24-15-20(27)11-19(24)14-23-13-16-4-3-9-22-12-16/h1-10,12,19-20,23,27H,11,13-15H2/t19-,20+/m0/s1. The van der Waals surface area contributed by atoms with Crippen LogP contribution in [0.4, 0.5) is 0 Å². The summed E-state index contributed by atoms with van der Waals surface area (Å²) in [6, 6.07) is 16.9. The molecule has 1 saturated heterocycles. The number of benzene rings is 2. The largest absolute Gasteiger partial charge is 0.311 e. The Hall–Kier alpha value is -1.93. The van der Waals surface area contributed by atoms with E-state index >= 15 is 0 Å². The maximum atomic E-state index is 13.3. The van der Waals surface area contributed by atoms with Crippen molar-refractivity contribution < 1.29 is 8.42 Å². The molecule has 4 rings (SSSR count). The molecule has 1 aromatic heterocycles. The van der Waals surface area contributed by atoms with Gasteiger partial charge in [-0.15, -0.1) is 0 Å². The van der Waals surface area contributed by atoms with E-state index in [9.17, 15) is 8.42 Å². The van der Waals surface area contributed by atoms with E-state index in [4.69, 9.17) is 0 Å². The summed E-state index contributed by atoms with van der Waals surface area (Å²) >= 11 is 4.56. The number of rotatable bonds is 6. The topological polar surface area (TPSA) is 62.3 Å². The maximum absolute atomic E-state index is 13.3. The first-order valence-corrected chi connectivity index (χ1v) is 11.3. The summed E-state index contributed by atoms with van der Waals surface area (Å²) < 4.78 is 28.2. The van der Waals surface area contributed by atoms with Gasteiger partial charge in [-0.25, -0.2) is 8.42 Å². The molecular formula is C21H23N3O2S2. The molecule has 2 heterocycles. The number of nitrogens with one attached hydrogen (secondary N) is 1. The first-order valence-electron chi connectivity index (χ1n) is 9.32. The first kappa shape index (κ1) is 19.4. The van der Waals surface area contributed by atoms with Crippen LogP contribution >= 0.6 is 12.6 Å². The fourth-order valence-corrected chi connectivity index (χ4v) is 5.94. The van der Waals surface area contributed by atoms with E-state index in [-0.39, 0.29) is 11.3 Å². The Morgan fingerprint density at radius 3 is 2.71 bits per heavy atom. The van der Waals surface area contributed by atoms with Crippen LogP contribution in [0.1, 0.15) is 12.0 Å². The van der Waals surface area contributed by atoms with Gasteiger partial charge in [0, 0.05) is 43.3 Å². The van der Waals surface area contributed by atoms with E-state index in [0.29, 0.717) is 24.5 Å². The Morgan fingerprint density at radius 2 is 1.93 bits per heavy atom. The van der Waals surface area contributed by atoms with Gasteiger partial charge in [0.05, 0.1) is 4.90 Å². The molecule has 0 amide bonds. The molecule has 0 unspecified atom stereocenters. The van der Waals surface area contributed by atoms with Gasteiger partial charge in [0.15, 0.2) is 0 Å². The van der Waals surface area contributed by atoms with E-state index in [2.05, 4.69) is 22.9 Å². The number of aromatic nitrogens is 1. The Balaban J connectivity index is 1.52. The highest BCUT2D eigenvalue weighted by Crippen LogP contribution is 2.30. The predicted molar refractivity (Wildman–Crippen MR) is 115 cm³/mol. The number of pyridine rings is 1. The molecule has 0 bridgehead atoms. The van der Waals surface area contributed by atoms with Crippen molar-refractivity contribution in [2.45, 2.75) is 29.2 Å². The Bertz CT molecular complexity index is 1060. The van der Waals surface area contributed by atoms with Gasteiger partial charge in [0.1, 0.15) is 0 Å². The minimum Gasteiger partial charge on any atom is -0.311 e. The molecule has 2 aromatic carbocycles. The molecule has 0 spiro atoms. The number of nitrogens with zero attached hydrogens (tertiary/aromatic N) is 2. The van der Waals surface area contributed by atoms with E-state index in [1.165, 1.54) is 0 Å². The van der Waals surface area contributed by atoms with Gasteiger partial charge in [0.2, 0.25) is 10.0 Å². The van der Waals surface area contributed by atoms with E-state index < -0.39 is 10.0 Å². The Morgan fingerprint density at radius 1 is 1.11 bits per heavy atom. The Labute approximate surface area is 171 Å². The van der Waals surface area contributed by atoms with Crippen LogP contribution in [0.15, 0.2) is 71.9 Å². The van der Waals surface area contributed by atoms with Crippen molar-refractivity contribution in [3.8, 4) is 0 Å². The second-order valence-electron chi connectivity index (χ2n) is 7.12. The fourth-order valence-electron chi connectivity index (χ4n) is 3.69. The van der Waals surface area contributed by atoms with Crippen LogP contribution in [0.25, 0.3) is 10.8 Å². The minimum absolute atomic E-state index is 0.0421. The molecule has 0 saturated carbocycles. The smallest absolute Gasteiger partial charge is 0.243 e. The van der Waals surface area contributed by atoms with E-state index in [1.807, 2.05) is 48.7 Å². The predicted octanol–water partition coefficient (Wildman–Crippen LogP) is 3.09. The van der Waals surface area contributed by atoms with Crippen molar-refractivity contribution >= 4 is 33.4 Å². The number of thiol groups is 1. The van der Waals surface area contributed by atoms with Gasteiger partial charge in [-0.3, -0.25) is 4.98 Å². The molecule has 146 valence electrons. The molecule has 1 fully saturated rings. The van der Waals surface area contributed by atoms with Crippen molar-refractivity contribution in [2.75, 3.05) is 13.1 Å². The van der Waals surface area contributed by atoms with Crippen molar-refractivity contribution in [3.63, 3.8) is 0 Å². The zero-order valence-electron chi connectivity index (χ0n) is 15.4. The van der Waals surface area contributed by atoms with Crippen LogP contribution in [-0.4, -0.2) is 42.1 Å². The Kier molecular flexibility index (Phi) is 5.68. The lowest BCUT2D eigenvalue weighted by Gasteiger charge is -2.24. The van der Waals surface area contributed by atoms with Gasteiger partial charge < -0.3 is 5.32 Å². The molecule has 0 aliphatic carbocycles. The normalized spacial score (nSPS) is 20.6. The van der Waals surface area contributed by atoms with Crippen molar-refractivity contribution in [2.24, 2.45) is 0 Å². The van der Waals surface area contributed by atoms with E-state index in [1.54, 1.807) is 22.6 Å². The second-order valence-corrected chi connectivity index (χ2v) is 9.74. The second kappa shape index (κ2) is 8.21. The minimum atomic E-state index is -3.58. The average molecular weight is 414 g/mol. The highest BCUT2D eigenvalue weighted by atomic mass is 32.2. The van der Waals surface area contributed by atoms with Gasteiger partial charge in [0.25, 0.3) is 0 Å². The average Bonchev–Trinajstić information content (AvgIpc) is 3.10. The highest BCUT2D eigenvalue weighted by Gasteiger charge is 2.38. The third-order valence-corrected chi connectivity index (χ3v) is 7.39. The van der Waals surface area contributed by atoms with E-state index in [0.717, 1.165) is 22.8 Å². The zero-order chi connectivity index (χ0) is 19.6. The molecule has 1 aliphatic heterocycles. The quantitative estimate of drug-likeness (QED) is 0.610. The fraction of sp³-hybridized carbons (Fsp3) is 0.286. The van der Waals surface area contributed by atoms with Crippen LogP contribution in [0, 0.1) is 0 Å². The maximum Gasteiger partial charge on any atom is 0.243 e. The summed E-state index contributed by atoms with van der Waals surface area (Å²) in [5, 5.41) is 5.37. The molecule has 3 aromatic rings. The van der Waals surface area contributed by atoms with Gasteiger partial charge >= 0.3 is 0 Å². The highest BCUT2D eigenvalue weighted by molar-refractivity contribution is 7.89. The summed E-state index contributed by atoms with van der Waals surface area (Å²) in [6.45, 7) is 1.67. The molecular weight excluding hydrogens is 390 g/mol. The lowest BCUT2D eigenvalue weighted by molar-refractivity contribution is 0.371. The van der Waals surface area contributed by atoms with Crippen molar-refractivity contribution in [1.29, 1.82) is 0 Å². The number of hydrogen-bond donors (Lipinski definition) is 2. The monoisotopic (exact) mass is 413 g/mol. The summed E-state index contributed by atoms with van der Waals surface area (Å²) in [7, 11) is -3.58.